The molecule has 0 aromatic heterocycles. The fourth-order valence-corrected chi connectivity index (χ4v) is 4.90. The van der Waals surface area contributed by atoms with Gasteiger partial charge >= 0.3 is 0 Å². The minimum Gasteiger partial charge on any atom is -0.375 e. The van der Waals surface area contributed by atoms with Crippen molar-refractivity contribution in [3.8, 4) is 0 Å². The molecule has 3 aromatic carbocycles. The molecule has 0 saturated heterocycles. The van der Waals surface area contributed by atoms with Crippen molar-refractivity contribution in [3.63, 3.8) is 0 Å². The third-order valence-corrected chi connectivity index (χ3v) is 6.00. The summed E-state index contributed by atoms with van der Waals surface area (Å²) in [5.74, 6) is 0.479. The van der Waals surface area contributed by atoms with Gasteiger partial charge in [-0.1, -0.05) is 70.5 Å². The monoisotopic (exact) mass is 393 g/mol. The van der Waals surface area contributed by atoms with Gasteiger partial charge in [-0.05, 0) is 46.4 Å². The minimum absolute atomic E-state index is 0.106. The predicted molar refractivity (Wildman–Crippen MR) is 104 cm³/mol. The Morgan fingerprint density at radius 1 is 1.00 bits per heavy atom. The van der Waals surface area contributed by atoms with E-state index in [0.717, 1.165) is 16.5 Å². The zero-order valence-corrected chi connectivity index (χ0v) is 15.1. The average molecular weight is 394 g/mol. The lowest BCUT2D eigenvalue weighted by Gasteiger charge is -2.38. The second kappa shape index (κ2) is 5.70. The Bertz CT molecular complexity index is 1000. The standard InChI is InChI=1S/C22H17BrFN/c23-14-11-19-16-8-4-10-18(16)21(25-22(19)20(24)12-14)17-9-3-6-13-5-1-2-7-15(13)17/h1-9,11-12,16,18,21,25H,10H2. The normalized spacial score (nSPS) is 24.0. The third-order valence-electron chi connectivity index (χ3n) is 5.54. The van der Waals surface area contributed by atoms with Crippen molar-refractivity contribution in [1.82, 2.24) is 0 Å². The van der Waals surface area contributed by atoms with E-state index in [-0.39, 0.29) is 17.8 Å². The van der Waals surface area contributed by atoms with Gasteiger partial charge in [-0.2, -0.15) is 0 Å². The number of halogens is 2. The van der Waals surface area contributed by atoms with Gasteiger partial charge in [0.05, 0.1) is 11.7 Å². The number of hydrogen-bond acceptors (Lipinski definition) is 1. The van der Waals surface area contributed by atoms with Crippen LogP contribution in [0.25, 0.3) is 10.8 Å². The quantitative estimate of drug-likeness (QED) is 0.461. The first-order chi connectivity index (χ1) is 12.2. The third kappa shape index (κ3) is 2.33. The van der Waals surface area contributed by atoms with Crippen LogP contribution in [-0.4, -0.2) is 0 Å². The number of benzene rings is 3. The lowest BCUT2D eigenvalue weighted by Crippen LogP contribution is -2.30. The van der Waals surface area contributed by atoms with Crippen molar-refractivity contribution < 1.29 is 4.39 Å². The van der Waals surface area contributed by atoms with Crippen LogP contribution < -0.4 is 5.32 Å². The second-order valence-electron chi connectivity index (χ2n) is 6.90. The highest BCUT2D eigenvalue weighted by Crippen LogP contribution is 2.51. The molecule has 0 fully saturated rings. The van der Waals surface area contributed by atoms with Crippen molar-refractivity contribution in [2.24, 2.45) is 5.92 Å². The molecule has 3 unspecified atom stereocenters. The summed E-state index contributed by atoms with van der Waals surface area (Å²) in [4.78, 5) is 0. The lowest BCUT2D eigenvalue weighted by molar-refractivity contribution is 0.422. The van der Waals surface area contributed by atoms with E-state index >= 15 is 0 Å². The Morgan fingerprint density at radius 3 is 2.76 bits per heavy atom. The van der Waals surface area contributed by atoms with Gasteiger partial charge in [0.2, 0.25) is 0 Å². The van der Waals surface area contributed by atoms with E-state index in [0.29, 0.717) is 11.6 Å². The summed E-state index contributed by atoms with van der Waals surface area (Å²) >= 11 is 3.44. The summed E-state index contributed by atoms with van der Waals surface area (Å²) in [6.07, 6.45) is 5.50. The molecule has 124 valence electrons. The molecule has 1 aliphatic carbocycles. The Balaban J connectivity index is 1.70. The maximum Gasteiger partial charge on any atom is 0.147 e. The van der Waals surface area contributed by atoms with Gasteiger partial charge in [-0.15, -0.1) is 0 Å². The number of fused-ring (bicyclic) bond motifs is 4. The second-order valence-corrected chi connectivity index (χ2v) is 7.81. The summed E-state index contributed by atoms with van der Waals surface area (Å²) in [7, 11) is 0. The smallest absolute Gasteiger partial charge is 0.147 e. The molecular formula is C22H17BrFN. The predicted octanol–water partition coefficient (Wildman–Crippen LogP) is 6.57. The van der Waals surface area contributed by atoms with Crippen LogP contribution in [0.15, 0.2) is 71.2 Å². The molecule has 3 atom stereocenters. The van der Waals surface area contributed by atoms with Gasteiger partial charge in [-0.3, -0.25) is 0 Å². The molecule has 1 nitrogen and oxygen atoms in total. The van der Waals surface area contributed by atoms with E-state index in [1.54, 1.807) is 6.07 Å². The molecule has 0 saturated carbocycles. The fourth-order valence-electron chi connectivity index (χ4n) is 4.45. The van der Waals surface area contributed by atoms with Gasteiger partial charge in [0.15, 0.2) is 0 Å². The van der Waals surface area contributed by atoms with E-state index in [1.807, 2.05) is 0 Å². The molecule has 1 N–H and O–H groups in total. The first-order valence-corrected chi connectivity index (χ1v) is 9.41. The summed E-state index contributed by atoms with van der Waals surface area (Å²) in [6, 6.07) is 18.6. The lowest BCUT2D eigenvalue weighted by atomic mass is 9.76. The number of allylic oxidation sites excluding steroid dienone is 2. The highest BCUT2D eigenvalue weighted by atomic mass is 79.9. The van der Waals surface area contributed by atoms with E-state index in [1.165, 1.54) is 16.3 Å². The van der Waals surface area contributed by atoms with Gasteiger partial charge in [0.1, 0.15) is 5.82 Å². The van der Waals surface area contributed by atoms with Crippen molar-refractivity contribution >= 4 is 32.4 Å². The first-order valence-electron chi connectivity index (χ1n) is 8.62. The molecule has 3 heteroatoms. The Labute approximate surface area is 154 Å². The Kier molecular flexibility index (Phi) is 3.46. The average Bonchev–Trinajstić information content (AvgIpc) is 3.11. The molecule has 2 aliphatic rings. The van der Waals surface area contributed by atoms with Crippen LogP contribution >= 0.6 is 15.9 Å². The number of hydrogen-bond donors (Lipinski definition) is 1. The SMILES string of the molecule is Fc1cc(Br)cc2c1NC(c1cccc3ccccc13)C1CC=CC21. The molecule has 0 radical (unpaired) electrons. The largest absolute Gasteiger partial charge is 0.375 e. The Hall–Kier alpha value is -2.13. The molecule has 0 bridgehead atoms. The van der Waals surface area contributed by atoms with E-state index in [4.69, 9.17) is 0 Å². The van der Waals surface area contributed by atoms with Gasteiger partial charge in [0, 0.05) is 10.4 Å². The van der Waals surface area contributed by atoms with Gasteiger partial charge in [0.25, 0.3) is 0 Å². The van der Waals surface area contributed by atoms with Crippen molar-refractivity contribution in [2.45, 2.75) is 18.4 Å². The number of anilines is 1. The number of rotatable bonds is 1. The van der Waals surface area contributed by atoms with Gasteiger partial charge in [-0.25, -0.2) is 4.39 Å². The summed E-state index contributed by atoms with van der Waals surface area (Å²) in [5, 5.41) is 6.01. The summed E-state index contributed by atoms with van der Waals surface area (Å²) in [5.41, 5.74) is 2.96. The zero-order valence-electron chi connectivity index (χ0n) is 13.5. The van der Waals surface area contributed by atoms with Crippen LogP contribution in [0.4, 0.5) is 10.1 Å². The summed E-state index contributed by atoms with van der Waals surface area (Å²) < 4.78 is 15.5. The maximum absolute atomic E-state index is 14.7. The van der Waals surface area contributed by atoms with Crippen LogP contribution in [0.1, 0.15) is 29.5 Å². The molecule has 0 amide bonds. The molecule has 0 spiro atoms. The summed E-state index contributed by atoms with van der Waals surface area (Å²) in [6.45, 7) is 0. The van der Waals surface area contributed by atoms with Crippen LogP contribution in [0.2, 0.25) is 0 Å². The van der Waals surface area contributed by atoms with Crippen LogP contribution in [0.3, 0.4) is 0 Å². The van der Waals surface area contributed by atoms with Crippen LogP contribution in [-0.2, 0) is 0 Å². The highest BCUT2D eigenvalue weighted by molar-refractivity contribution is 9.10. The molecule has 3 aromatic rings. The van der Waals surface area contributed by atoms with Crippen LogP contribution in [0, 0.1) is 11.7 Å². The Morgan fingerprint density at radius 2 is 1.84 bits per heavy atom. The van der Waals surface area contributed by atoms with Crippen molar-refractivity contribution in [3.05, 3.63) is 88.2 Å². The highest BCUT2D eigenvalue weighted by Gasteiger charge is 2.39. The topological polar surface area (TPSA) is 12.0 Å². The van der Waals surface area contributed by atoms with Crippen molar-refractivity contribution in [2.75, 3.05) is 5.32 Å². The molecule has 1 aliphatic heterocycles. The van der Waals surface area contributed by atoms with E-state index in [9.17, 15) is 4.39 Å². The van der Waals surface area contributed by atoms with E-state index in [2.05, 4.69) is 81.9 Å². The first kappa shape index (κ1) is 15.2. The van der Waals surface area contributed by atoms with E-state index < -0.39 is 0 Å². The minimum atomic E-state index is -0.187. The molecule has 5 rings (SSSR count). The fraction of sp³-hybridized carbons (Fsp3) is 0.182. The van der Waals surface area contributed by atoms with Crippen LogP contribution in [0.5, 0.6) is 0 Å². The molecule has 25 heavy (non-hydrogen) atoms. The zero-order chi connectivity index (χ0) is 17.0. The molecular weight excluding hydrogens is 377 g/mol. The molecule has 1 heterocycles. The van der Waals surface area contributed by atoms with Crippen molar-refractivity contribution in [1.29, 1.82) is 0 Å². The maximum atomic E-state index is 14.7. The number of nitrogens with one attached hydrogen (secondary N) is 1. The van der Waals surface area contributed by atoms with Gasteiger partial charge < -0.3 is 5.32 Å².